The zero-order valence-electron chi connectivity index (χ0n) is 9.19. The SMILES string of the molecule is CCC(CNC)Oc1cc(F)c(Cl)cc1Br. The van der Waals surface area contributed by atoms with E-state index in [-0.39, 0.29) is 11.1 Å². The zero-order valence-corrected chi connectivity index (χ0v) is 11.5. The maximum absolute atomic E-state index is 13.3. The number of likely N-dealkylation sites (N-methyl/N-ethyl adjacent to an activating group) is 1. The fourth-order valence-electron chi connectivity index (χ4n) is 1.27. The molecule has 0 bridgehead atoms. The highest BCUT2D eigenvalue weighted by atomic mass is 79.9. The number of ether oxygens (including phenoxy) is 1. The molecule has 1 atom stereocenters. The molecule has 0 aliphatic heterocycles. The van der Waals surface area contributed by atoms with Crippen LogP contribution >= 0.6 is 27.5 Å². The molecule has 0 amide bonds. The Morgan fingerprint density at radius 2 is 2.25 bits per heavy atom. The number of rotatable bonds is 5. The van der Waals surface area contributed by atoms with Gasteiger partial charge in [0, 0.05) is 12.6 Å². The van der Waals surface area contributed by atoms with Crippen molar-refractivity contribution in [1.82, 2.24) is 5.32 Å². The normalized spacial score (nSPS) is 12.6. The summed E-state index contributed by atoms with van der Waals surface area (Å²) in [4.78, 5) is 0. The molecule has 0 aliphatic rings. The van der Waals surface area contributed by atoms with Gasteiger partial charge in [-0.15, -0.1) is 0 Å². The smallest absolute Gasteiger partial charge is 0.145 e. The molecule has 0 heterocycles. The highest BCUT2D eigenvalue weighted by Gasteiger charge is 2.12. The van der Waals surface area contributed by atoms with Crippen LogP contribution in [0.15, 0.2) is 16.6 Å². The van der Waals surface area contributed by atoms with E-state index in [0.29, 0.717) is 16.8 Å². The van der Waals surface area contributed by atoms with Crippen LogP contribution in [0.3, 0.4) is 0 Å². The molecule has 0 radical (unpaired) electrons. The van der Waals surface area contributed by atoms with E-state index in [0.717, 1.165) is 6.42 Å². The van der Waals surface area contributed by atoms with Gasteiger partial charge in [0.15, 0.2) is 0 Å². The lowest BCUT2D eigenvalue weighted by molar-refractivity contribution is 0.194. The van der Waals surface area contributed by atoms with E-state index in [1.165, 1.54) is 12.1 Å². The molecule has 1 rings (SSSR count). The molecule has 0 aliphatic carbocycles. The molecule has 2 nitrogen and oxygen atoms in total. The van der Waals surface area contributed by atoms with Crippen molar-refractivity contribution in [2.24, 2.45) is 0 Å². The van der Waals surface area contributed by atoms with Gasteiger partial charge in [-0.1, -0.05) is 18.5 Å². The predicted molar refractivity (Wildman–Crippen MR) is 67.7 cm³/mol. The lowest BCUT2D eigenvalue weighted by Gasteiger charge is -2.18. The minimum atomic E-state index is -0.473. The Bertz CT molecular complexity index is 362. The molecule has 0 fully saturated rings. The minimum absolute atomic E-state index is 0.0156. The van der Waals surface area contributed by atoms with Crippen molar-refractivity contribution < 1.29 is 9.13 Å². The van der Waals surface area contributed by atoms with Crippen LogP contribution in [0, 0.1) is 5.82 Å². The van der Waals surface area contributed by atoms with Crippen molar-refractivity contribution in [3.05, 3.63) is 27.4 Å². The third kappa shape index (κ3) is 3.61. The van der Waals surface area contributed by atoms with Gasteiger partial charge in [-0.25, -0.2) is 4.39 Å². The molecule has 1 aromatic carbocycles. The lowest BCUT2D eigenvalue weighted by Crippen LogP contribution is -2.28. The van der Waals surface area contributed by atoms with E-state index in [9.17, 15) is 4.39 Å². The molecule has 1 unspecified atom stereocenters. The second kappa shape index (κ2) is 6.42. The molecule has 1 aromatic rings. The first-order chi connectivity index (χ1) is 7.58. The maximum Gasteiger partial charge on any atom is 0.145 e. The first-order valence-electron chi connectivity index (χ1n) is 5.04. The van der Waals surface area contributed by atoms with Crippen molar-refractivity contribution in [3.63, 3.8) is 0 Å². The summed E-state index contributed by atoms with van der Waals surface area (Å²) < 4.78 is 19.6. The molecule has 0 aromatic heterocycles. The number of nitrogens with one attached hydrogen (secondary N) is 1. The molecule has 90 valence electrons. The van der Waals surface area contributed by atoms with Crippen LogP contribution in [0.25, 0.3) is 0 Å². The number of halogens is 3. The first-order valence-corrected chi connectivity index (χ1v) is 6.21. The minimum Gasteiger partial charge on any atom is -0.488 e. The van der Waals surface area contributed by atoms with Crippen LogP contribution in [0.1, 0.15) is 13.3 Å². The van der Waals surface area contributed by atoms with Crippen LogP contribution in [0.4, 0.5) is 4.39 Å². The largest absolute Gasteiger partial charge is 0.488 e. The van der Waals surface area contributed by atoms with Gasteiger partial charge in [-0.3, -0.25) is 0 Å². The summed E-state index contributed by atoms with van der Waals surface area (Å²) in [5.74, 6) is 0.00294. The number of hydrogen-bond acceptors (Lipinski definition) is 2. The fraction of sp³-hybridized carbons (Fsp3) is 0.455. The summed E-state index contributed by atoms with van der Waals surface area (Å²) >= 11 is 8.94. The van der Waals surface area contributed by atoms with Crippen molar-refractivity contribution in [1.29, 1.82) is 0 Å². The number of hydrogen-bond donors (Lipinski definition) is 1. The third-order valence-corrected chi connectivity index (χ3v) is 3.06. The van der Waals surface area contributed by atoms with Crippen molar-refractivity contribution in [3.8, 4) is 5.75 Å². The summed E-state index contributed by atoms with van der Waals surface area (Å²) in [6.45, 7) is 2.73. The fourth-order valence-corrected chi connectivity index (χ4v) is 2.00. The molecule has 5 heteroatoms. The van der Waals surface area contributed by atoms with Gasteiger partial charge in [0.2, 0.25) is 0 Å². The molecule has 0 spiro atoms. The van der Waals surface area contributed by atoms with Crippen molar-refractivity contribution in [2.75, 3.05) is 13.6 Å². The Kier molecular flexibility index (Phi) is 5.52. The van der Waals surface area contributed by atoms with Crippen LogP contribution in [-0.4, -0.2) is 19.7 Å². The molecule has 0 saturated carbocycles. The van der Waals surface area contributed by atoms with Crippen molar-refractivity contribution in [2.45, 2.75) is 19.4 Å². The monoisotopic (exact) mass is 309 g/mol. The standard InChI is InChI=1S/C11H14BrClFNO/c1-3-7(6-15-2)16-11-5-10(14)9(13)4-8(11)12/h4-5,7,15H,3,6H2,1-2H3. The quantitative estimate of drug-likeness (QED) is 0.839. The molecular formula is C11H14BrClFNO. The Balaban J connectivity index is 2.83. The Morgan fingerprint density at radius 3 is 2.81 bits per heavy atom. The number of benzene rings is 1. The van der Waals surface area contributed by atoms with Gasteiger partial charge in [0.1, 0.15) is 17.7 Å². The Morgan fingerprint density at radius 1 is 1.56 bits per heavy atom. The zero-order chi connectivity index (χ0) is 12.1. The van der Waals surface area contributed by atoms with Gasteiger partial charge in [-0.05, 0) is 35.5 Å². The first kappa shape index (κ1) is 13.7. The highest BCUT2D eigenvalue weighted by molar-refractivity contribution is 9.10. The molecule has 16 heavy (non-hydrogen) atoms. The second-order valence-corrected chi connectivity index (χ2v) is 4.66. The lowest BCUT2D eigenvalue weighted by atomic mass is 10.2. The van der Waals surface area contributed by atoms with Gasteiger partial charge >= 0.3 is 0 Å². The summed E-state index contributed by atoms with van der Waals surface area (Å²) in [6, 6.07) is 2.79. The van der Waals surface area contributed by atoms with Gasteiger partial charge in [-0.2, -0.15) is 0 Å². The summed E-state index contributed by atoms with van der Waals surface area (Å²) in [7, 11) is 1.85. The Labute approximate surface area is 108 Å². The predicted octanol–water partition coefficient (Wildman–Crippen LogP) is 3.62. The van der Waals surface area contributed by atoms with Gasteiger partial charge < -0.3 is 10.1 Å². The topological polar surface area (TPSA) is 21.3 Å². The highest BCUT2D eigenvalue weighted by Crippen LogP contribution is 2.31. The summed E-state index contributed by atoms with van der Waals surface area (Å²) in [6.07, 6.45) is 0.860. The van der Waals surface area contributed by atoms with E-state index in [2.05, 4.69) is 21.2 Å². The van der Waals surface area contributed by atoms with Crippen molar-refractivity contribution >= 4 is 27.5 Å². The third-order valence-electron chi connectivity index (χ3n) is 2.16. The summed E-state index contributed by atoms with van der Waals surface area (Å²) in [5, 5.41) is 3.11. The maximum atomic E-state index is 13.3. The average molecular weight is 311 g/mol. The van der Waals surface area contributed by atoms with Gasteiger partial charge in [0.25, 0.3) is 0 Å². The molecule has 0 saturated heterocycles. The van der Waals surface area contributed by atoms with E-state index < -0.39 is 5.82 Å². The van der Waals surface area contributed by atoms with E-state index in [4.69, 9.17) is 16.3 Å². The van der Waals surface area contributed by atoms with Crippen LogP contribution < -0.4 is 10.1 Å². The molecule has 1 N–H and O–H groups in total. The summed E-state index contributed by atoms with van der Waals surface area (Å²) in [5.41, 5.74) is 0. The van der Waals surface area contributed by atoms with E-state index >= 15 is 0 Å². The van der Waals surface area contributed by atoms with Crippen LogP contribution in [0.5, 0.6) is 5.75 Å². The van der Waals surface area contributed by atoms with Crippen LogP contribution in [0.2, 0.25) is 5.02 Å². The Hall–Kier alpha value is -0.320. The second-order valence-electron chi connectivity index (χ2n) is 3.40. The van der Waals surface area contributed by atoms with E-state index in [1.807, 2.05) is 14.0 Å². The van der Waals surface area contributed by atoms with E-state index in [1.54, 1.807) is 0 Å². The van der Waals surface area contributed by atoms with Crippen LogP contribution in [-0.2, 0) is 0 Å². The van der Waals surface area contributed by atoms with Gasteiger partial charge in [0.05, 0.1) is 9.50 Å². The average Bonchev–Trinajstić information content (AvgIpc) is 2.25. The molecular weight excluding hydrogens is 296 g/mol.